The Bertz CT molecular complexity index is 700. The Morgan fingerprint density at radius 3 is 2.50 bits per heavy atom. The lowest BCUT2D eigenvalue weighted by molar-refractivity contribution is 0.0595. The van der Waals surface area contributed by atoms with Crippen molar-refractivity contribution < 1.29 is 14.3 Å². The Labute approximate surface area is 102 Å². The summed E-state index contributed by atoms with van der Waals surface area (Å²) in [6.07, 6.45) is 0. The van der Waals surface area contributed by atoms with Crippen molar-refractivity contribution in [2.75, 3.05) is 7.11 Å². The lowest BCUT2D eigenvalue weighted by atomic mass is 10.1. The van der Waals surface area contributed by atoms with Crippen LogP contribution in [-0.4, -0.2) is 23.8 Å². The molecule has 18 heavy (non-hydrogen) atoms. The Kier molecular flexibility index (Phi) is 2.97. The van der Waals surface area contributed by atoms with Gasteiger partial charge in [0.25, 0.3) is 0 Å². The van der Waals surface area contributed by atoms with Crippen LogP contribution in [0.5, 0.6) is 0 Å². The summed E-state index contributed by atoms with van der Waals surface area (Å²) >= 11 is 0. The summed E-state index contributed by atoms with van der Waals surface area (Å²) in [5, 5.41) is 0.350. The number of esters is 1. The van der Waals surface area contributed by atoms with E-state index >= 15 is 0 Å². The van der Waals surface area contributed by atoms with Crippen LogP contribution < -0.4 is 5.43 Å². The first-order valence-electron chi connectivity index (χ1n) is 5.30. The van der Waals surface area contributed by atoms with E-state index in [1.807, 2.05) is 0 Å². The number of carbonyl (C=O) groups excluding carboxylic acids is 2. The molecule has 0 unspecified atom stereocenters. The molecule has 0 aliphatic heterocycles. The highest BCUT2D eigenvalue weighted by molar-refractivity contribution is 6.06. The lowest BCUT2D eigenvalue weighted by Gasteiger charge is -2.07. The largest absolute Gasteiger partial charge is 0.465 e. The van der Waals surface area contributed by atoms with Gasteiger partial charge in [-0.05, 0) is 12.1 Å². The predicted octanol–water partition coefficient (Wildman–Crippen LogP) is 1.52. The Morgan fingerprint density at radius 1 is 1.22 bits per heavy atom. The molecule has 0 aliphatic rings. The van der Waals surface area contributed by atoms with Gasteiger partial charge in [0.15, 0.2) is 5.78 Å². The van der Waals surface area contributed by atoms with E-state index in [9.17, 15) is 14.4 Å². The number of aromatic amines is 1. The molecule has 92 valence electrons. The number of hydrogen-bond acceptors (Lipinski definition) is 4. The fourth-order valence-corrected chi connectivity index (χ4v) is 1.80. The Balaban J connectivity index is 2.93. The van der Waals surface area contributed by atoms with Crippen molar-refractivity contribution in [1.82, 2.24) is 4.98 Å². The van der Waals surface area contributed by atoms with Crippen molar-refractivity contribution in [3.8, 4) is 0 Å². The molecule has 2 rings (SSSR count). The summed E-state index contributed by atoms with van der Waals surface area (Å²) in [5.41, 5.74) is -0.254. The highest BCUT2D eigenvalue weighted by atomic mass is 16.5. The summed E-state index contributed by atoms with van der Waals surface area (Å²) in [4.78, 5) is 38.1. The lowest BCUT2D eigenvalue weighted by Crippen LogP contribution is -2.22. The van der Waals surface area contributed by atoms with Gasteiger partial charge in [-0.25, -0.2) is 4.79 Å². The third-order valence-electron chi connectivity index (χ3n) is 2.65. The van der Waals surface area contributed by atoms with Crippen molar-refractivity contribution >= 4 is 22.7 Å². The summed E-state index contributed by atoms with van der Waals surface area (Å²) in [6, 6.07) is 6.68. The van der Waals surface area contributed by atoms with Crippen LogP contribution in [0.4, 0.5) is 0 Å². The van der Waals surface area contributed by atoms with Crippen molar-refractivity contribution in [2.24, 2.45) is 0 Å². The number of H-pyrrole nitrogens is 1. The maximum Gasteiger partial charge on any atom is 0.344 e. The highest BCUT2D eigenvalue weighted by Gasteiger charge is 2.21. The summed E-state index contributed by atoms with van der Waals surface area (Å²) in [6.45, 7) is 1.28. The number of pyridine rings is 1. The number of rotatable bonds is 2. The van der Waals surface area contributed by atoms with Gasteiger partial charge < -0.3 is 9.72 Å². The molecule has 5 nitrogen and oxygen atoms in total. The minimum atomic E-state index is -0.813. The van der Waals surface area contributed by atoms with Crippen molar-refractivity contribution in [1.29, 1.82) is 0 Å². The van der Waals surface area contributed by atoms with Crippen LogP contribution in [0.2, 0.25) is 0 Å². The molecule has 1 aromatic heterocycles. The zero-order valence-corrected chi connectivity index (χ0v) is 9.94. The average molecular weight is 245 g/mol. The van der Waals surface area contributed by atoms with Crippen LogP contribution in [-0.2, 0) is 4.74 Å². The molecule has 0 spiro atoms. The number of aromatic nitrogens is 1. The van der Waals surface area contributed by atoms with E-state index in [1.54, 1.807) is 24.3 Å². The molecule has 1 N–H and O–H groups in total. The number of Topliss-reactive ketones (excluding diaryl/α,β-unsaturated/α-hetero) is 1. The van der Waals surface area contributed by atoms with Gasteiger partial charge in [-0.1, -0.05) is 12.1 Å². The number of ether oxygens (including phenoxy) is 1. The van der Waals surface area contributed by atoms with Gasteiger partial charge in [-0.15, -0.1) is 0 Å². The topological polar surface area (TPSA) is 76.2 Å². The van der Waals surface area contributed by atoms with Gasteiger partial charge in [-0.2, -0.15) is 0 Å². The Hall–Kier alpha value is -2.43. The van der Waals surface area contributed by atoms with Crippen molar-refractivity contribution in [2.45, 2.75) is 6.92 Å². The number of nitrogens with one attached hydrogen (secondary N) is 1. The van der Waals surface area contributed by atoms with Crippen LogP contribution in [0.3, 0.4) is 0 Å². The molecule has 0 saturated carbocycles. The van der Waals surface area contributed by atoms with Crippen molar-refractivity contribution in [3.63, 3.8) is 0 Å². The number of ketones is 1. The standard InChI is InChI=1S/C13H11NO4/c1-7(15)11-10(13(17)18-2)12(16)8-5-3-4-6-9(8)14-11/h3-6H,1-2H3,(H,14,16). The molecule has 5 heteroatoms. The second-order valence-electron chi connectivity index (χ2n) is 3.80. The Morgan fingerprint density at radius 2 is 1.89 bits per heavy atom. The minimum Gasteiger partial charge on any atom is -0.465 e. The molecule has 0 saturated heterocycles. The van der Waals surface area contributed by atoms with Crippen LogP contribution in [0.25, 0.3) is 10.9 Å². The maximum absolute atomic E-state index is 12.2. The average Bonchev–Trinajstić information content (AvgIpc) is 2.37. The number of benzene rings is 1. The number of methoxy groups -OCH3 is 1. The van der Waals surface area contributed by atoms with E-state index in [0.29, 0.717) is 10.9 Å². The van der Waals surface area contributed by atoms with Crippen LogP contribution in [0.1, 0.15) is 27.8 Å². The predicted molar refractivity (Wildman–Crippen MR) is 65.9 cm³/mol. The van der Waals surface area contributed by atoms with Gasteiger partial charge in [-0.3, -0.25) is 9.59 Å². The molecule has 0 radical (unpaired) electrons. The summed E-state index contributed by atoms with van der Waals surface area (Å²) in [7, 11) is 1.17. The fraction of sp³-hybridized carbons (Fsp3) is 0.154. The molecule has 1 heterocycles. The third-order valence-corrected chi connectivity index (χ3v) is 2.65. The van der Waals surface area contributed by atoms with E-state index in [0.717, 1.165) is 0 Å². The number of para-hydroxylation sites is 1. The molecular weight excluding hydrogens is 234 g/mol. The molecule has 2 aromatic rings. The van der Waals surface area contributed by atoms with Gasteiger partial charge in [0.1, 0.15) is 11.3 Å². The smallest absolute Gasteiger partial charge is 0.344 e. The van der Waals surface area contributed by atoms with Gasteiger partial charge in [0.05, 0.1) is 7.11 Å². The van der Waals surface area contributed by atoms with E-state index in [1.165, 1.54) is 14.0 Å². The molecule has 1 aromatic carbocycles. The quantitative estimate of drug-likeness (QED) is 0.642. The normalized spacial score (nSPS) is 10.3. The second-order valence-corrected chi connectivity index (χ2v) is 3.80. The number of hydrogen-bond donors (Lipinski definition) is 1. The number of carbonyl (C=O) groups is 2. The maximum atomic E-state index is 12.2. The molecule has 0 bridgehead atoms. The first kappa shape index (κ1) is 12.0. The molecule has 0 fully saturated rings. The van der Waals surface area contributed by atoms with Crippen LogP contribution in [0.15, 0.2) is 29.1 Å². The third kappa shape index (κ3) is 1.79. The first-order valence-corrected chi connectivity index (χ1v) is 5.30. The minimum absolute atomic E-state index is 0.0226. The molecular formula is C13H11NO4. The first-order chi connectivity index (χ1) is 8.56. The van der Waals surface area contributed by atoms with Crippen molar-refractivity contribution in [3.05, 3.63) is 45.7 Å². The van der Waals surface area contributed by atoms with E-state index < -0.39 is 17.2 Å². The van der Waals surface area contributed by atoms with Gasteiger partial charge in [0.2, 0.25) is 5.43 Å². The monoisotopic (exact) mass is 245 g/mol. The number of fused-ring (bicyclic) bond motifs is 1. The fourth-order valence-electron chi connectivity index (χ4n) is 1.80. The van der Waals surface area contributed by atoms with Crippen LogP contribution >= 0.6 is 0 Å². The summed E-state index contributed by atoms with van der Waals surface area (Å²) in [5.74, 6) is -1.20. The van der Waals surface area contributed by atoms with Gasteiger partial charge >= 0.3 is 5.97 Å². The zero-order valence-electron chi connectivity index (χ0n) is 9.94. The highest BCUT2D eigenvalue weighted by Crippen LogP contribution is 2.12. The zero-order chi connectivity index (χ0) is 13.3. The van der Waals surface area contributed by atoms with E-state index in [-0.39, 0.29) is 11.3 Å². The molecule has 0 aliphatic carbocycles. The molecule has 0 atom stereocenters. The molecule has 0 amide bonds. The van der Waals surface area contributed by atoms with E-state index in [4.69, 9.17) is 0 Å². The SMILES string of the molecule is COC(=O)c1c(C(C)=O)[nH]c2ccccc2c1=O. The summed E-state index contributed by atoms with van der Waals surface area (Å²) < 4.78 is 4.55. The van der Waals surface area contributed by atoms with Crippen LogP contribution in [0, 0.1) is 0 Å². The second kappa shape index (κ2) is 4.44. The van der Waals surface area contributed by atoms with E-state index in [2.05, 4.69) is 9.72 Å². The van der Waals surface area contributed by atoms with Gasteiger partial charge in [0, 0.05) is 17.8 Å².